The third-order valence-electron chi connectivity index (χ3n) is 3.76. The Morgan fingerprint density at radius 3 is 2.57 bits per heavy atom. The summed E-state index contributed by atoms with van der Waals surface area (Å²) in [4.78, 5) is 0.629. The summed E-state index contributed by atoms with van der Waals surface area (Å²) in [6.45, 7) is 4.50. The van der Waals surface area contributed by atoms with Gasteiger partial charge in [0.25, 0.3) is 0 Å². The molecule has 21 heavy (non-hydrogen) atoms. The largest absolute Gasteiger partial charge is 0.389 e. The SMILES string of the molecule is CCCCN(C1CC1)S(=O)(=O)c1ccc(C(N)=S)c(C)c1. The second kappa shape index (κ2) is 6.42. The molecule has 1 fully saturated rings. The Morgan fingerprint density at radius 1 is 1.43 bits per heavy atom. The second-order valence-electron chi connectivity index (χ2n) is 5.54. The zero-order valence-corrected chi connectivity index (χ0v) is 14.1. The molecule has 6 heteroatoms. The Hall–Kier alpha value is -0.980. The molecule has 1 aromatic carbocycles. The molecule has 0 bridgehead atoms. The summed E-state index contributed by atoms with van der Waals surface area (Å²) in [5.41, 5.74) is 7.16. The quantitative estimate of drug-likeness (QED) is 0.782. The van der Waals surface area contributed by atoms with Gasteiger partial charge in [-0.05, 0) is 43.9 Å². The van der Waals surface area contributed by atoms with Crippen molar-refractivity contribution in [2.45, 2.75) is 50.5 Å². The predicted molar refractivity (Wildman–Crippen MR) is 88.9 cm³/mol. The van der Waals surface area contributed by atoms with Crippen molar-refractivity contribution in [3.63, 3.8) is 0 Å². The van der Waals surface area contributed by atoms with Crippen molar-refractivity contribution in [3.05, 3.63) is 29.3 Å². The van der Waals surface area contributed by atoms with Crippen molar-refractivity contribution < 1.29 is 8.42 Å². The van der Waals surface area contributed by atoms with Crippen molar-refractivity contribution in [1.29, 1.82) is 0 Å². The van der Waals surface area contributed by atoms with E-state index in [9.17, 15) is 8.42 Å². The highest BCUT2D eigenvalue weighted by Crippen LogP contribution is 2.32. The topological polar surface area (TPSA) is 63.4 Å². The van der Waals surface area contributed by atoms with Crippen LogP contribution in [-0.2, 0) is 10.0 Å². The molecule has 0 saturated heterocycles. The molecule has 0 aromatic heterocycles. The number of hydrogen-bond acceptors (Lipinski definition) is 3. The summed E-state index contributed by atoms with van der Waals surface area (Å²) in [5, 5.41) is 0. The summed E-state index contributed by atoms with van der Waals surface area (Å²) in [6.07, 6.45) is 3.80. The van der Waals surface area contributed by atoms with E-state index >= 15 is 0 Å². The van der Waals surface area contributed by atoms with Crippen molar-refractivity contribution in [2.75, 3.05) is 6.54 Å². The average Bonchev–Trinajstić information content (AvgIpc) is 3.23. The fraction of sp³-hybridized carbons (Fsp3) is 0.533. The first-order valence-corrected chi connectivity index (χ1v) is 9.15. The lowest BCUT2D eigenvalue weighted by atomic mass is 10.1. The van der Waals surface area contributed by atoms with Gasteiger partial charge in [-0.25, -0.2) is 8.42 Å². The highest BCUT2D eigenvalue weighted by Gasteiger charge is 2.37. The van der Waals surface area contributed by atoms with Gasteiger partial charge in [0, 0.05) is 18.2 Å². The van der Waals surface area contributed by atoms with E-state index in [4.69, 9.17) is 18.0 Å². The number of nitrogens with zero attached hydrogens (tertiary/aromatic N) is 1. The summed E-state index contributed by atoms with van der Waals surface area (Å²) in [6, 6.07) is 5.16. The lowest BCUT2D eigenvalue weighted by molar-refractivity contribution is 0.395. The minimum atomic E-state index is -3.43. The normalized spacial score (nSPS) is 15.4. The number of thiocarbonyl (C=S) groups is 1. The summed E-state index contributed by atoms with van der Waals surface area (Å²) in [5.74, 6) is 0. The predicted octanol–water partition coefficient (Wildman–Crippen LogP) is 2.58. The molecule has 1 aliphatic rings. The fourth-order valence-corrected chi connectivity index (χ4v) is 4.42. The number of rotatable bonds is 7. The minimum Gasteiger partial charge on any atom is -0.389 e. The lowest BCUT2D eigenvalue weighted by Crippen LogP contribution is -2.34. The zero-order valence-electron chi connectivity index (χ0n) is 12.5. The van der Waals surface area contributed by atoms with E-state index in [0.717, 1.165) is 36.8 Å². The van der Waals surface area contributed by atoms with Crippen LogP contribution < -0.4 is 5.73 Å². The van der Waals surface area contributed by atoms with Crippen molar-refractivity contribution in [1.82, 2.24) is 4.31 Å². The summed E-state index contributed by atoms with van der Waals surface area (Å²) < 4.78 is 27.3. The van der Waals surface area contributed by atoms with Gasteiger partial charge in [-0.3, -0.25) is 0 Å². The van der Waals surface area contributed by atoms with Gasteiger partial charge >= 0.3 is 0 Å². The maximum atomic E-state index is 12.8. The molecule has 0 aliphatic heterocycles. The van der Waals surface area contributed by atoms with Crippen LogP contribution >= 0.6 is 12.2 Å². The Bertz CT molecular complexity index is 637. The molecule has 1 aliphatic carbocycles. The van der Waals surface area contributed by atoms with Crippen LogP contribution in [0.1, 0.15) is 43.7 Å². The van der Waals surface area contributed by atoms with Gasteiger partial charge in [0.15, 0.2) is 0 Å². The van der Waals surface area contributed by atoms with E-state index in [1.165, 1.54) is 0 Å². The molecule has 0 unspecified atom stereocenters. The average molecular weight is 326 g/mol. The van der Waals surface area contributed by atoms with Gasteiger partial charge in [0.2, 0.25) is 10.0 Å². The zero-order chi connectivity index (χ0) is 15.6. The minimum absolute atomic E-state index is 0.178. The Kier molecular flexibility index (Phi) is 5.01. The van der Waals surface area contributed by atoms with Crippen molar-refractivity contribution >= 4 is 27.2 Å². The Balaban J connectivity index is 2.33. The smallest absolute Gasteiger partial charge is 0.243 e. The van der Waals surface area contributed by atoms with Crippen LogP contribution in [0.3, 0.4) is 0 Å². The third kappa shape index (κ3) is 3.62. The number of nitrogens with two attached hydrogens (primary N) is 1. The molecule has 116 valence electrons. The molecule has 2 N–H and O–H groups in total. The van der Waals surface area contributed by atoms with Crippen molar-refractivity contribution in [3.8, 4) is 0 Å². The standard InChI is InChI=1S/C15H22N2O2S2/c1-3-4-9-17(12-5-6-12)21(18,19)13-7-8-14(15(16)20)11(2)10-13/h7-8,10,12H,3-6,9H2,1-2H3,(H2,16,20). The fourth-order valence-electron chi connectivity index (χ4n) is 2.38. The first kappa shape index (κ1) is 16.4. The molecule has 0 atom stereocenters. The molecule has 2 rings (SSSR count). The maximum absolute atomic E-state index is 12.8. The first-order chi connectivity index (χ1) is 9.87. The van der Waals surface area contributed by atoms with Gasteiger partial charge in [-0.2, -0.15) is 4.31 Å². The van der Waals surface area contributed by atoms with E-state index in [0.29, 0.717) is 16.4 Å². The van der Waals surface area contributed by atoms with E-state index in [1.54, 1.807) is 22.5 Å². The summed E-state index contributed by atoms with van der Waals surface area (Å²) >= 11 is 4.96. The van der Waals surface area contributed by atoms with Crippen molar-refractivity contribution in [2.24, 2.45) is 5.73 Å². The Morgan fingerprint density at radius 2 is 2.10 bits per heavy atom. The van der Waals surface area contributed by atoms with E-state index < -0.39 is 10.0 Å². The van der Waals surface area contributed by atoms with Gasteiger partial charge in [-0.1, -0.05) is 31.6 Å². The molecule has 1 saturated carbocycles. The number of aryl methyl sites for hydroxylation is 1. The van der Waals surface area contributed by atoms with Gasteiger partial charge < -0.3 is 5.73 Å². The van der Waals surface area contributed by atoms with Crippen LogP contribution in [0.2, 0.25) is 0 Å². The third-order valence-corrected chi connectivity index (χ3v) is 5.92. The molecule has 0 radical (unpaired) electrons. The molecule has 0 heterocycles. The van der Waals surface area contributed by atoms with Gasteiger partial charge in [0.1, 0.15) is 4.99 Å². The van der Waals surface area contributed by atoms with Crippen LogP contribution in [0.25, 0.3) is 0 Å². The highest BCUT2D eigenvalue weighted by molar-refractivity contribution is 7.89. The number of sulfonamides is 1. The number of unbranched alkanes of at least 4 members (excludes halogenated alkanes) is 1. The molecule has 4 nitrogen and oxygen atoms in total. The van der Waals surface area contributed by atoms with Crippen LogP contribution in [0.4, 0.5) is 0 Å². The number of hydrogen-bond donors (Lipinski definition) is 1. The first-order valence-electron chi connectivity index (χ1n) is 7.30. The maximum Gasteiger partial charge on any atom is 0.243 e. The molecule has 0 amide bonds. The van der Waals surface area contributed by atoms with Crippen LogP contribution in [0, 0.1) is 6.92 Å². The number of benzene rings is 1. The van der Waals surface area contributed by atoms with Crippen LogP contribution in [-0.4, -0.2) is 30.3 Å². The van der Waals surface area contributed by atoms with Gasteiger partial charge in [0.05, 0.1) is 4.90 Å². The second-order valence-corrected chi connectivity index (χ2v) is 7.87. The molecular weight excluding hydrogens is 304 g/mol. The molecular formula is C15H22N2O2S2. The van der Waals surface area contributed by atoms with E-state index in [1.807, 2.05) is 6.92 Å². The Labute approximate surface area is 132 Å². The van der Waals surface area contributed by atoms with E-state index in [-0.39, 0.29) is 6.04 Å². The van der Waals surface area contributed by atoms with Gasteiger partial charge in [-0.15, -0.1) is 0 Å². The lowest BCUT2D eigenvalue weighted by Gasteiger charge is -2.22. The monoisotopic (exact) mass is 326 g/mol. The van der Waals surface area contributed by atoms with Crippen LogP contribution in [0.15, 0.2) is 23.1 Å². The molecule has 0 spiro atoms. The highest BCUT2D eigenvalue weighted by atomic mass is 32.2. The van der Waals surface area contributed by atoms with Crippen LogP contribution in [0.5, 0.6) is 0 Å². The van der Waals surface area contributed by atoms with E-state index in [2.05, 4.69) is 6.92 Å². The molecule has 1 aromatic rings. The summed E-state index contributed by atoms with van der Waals surface area (Å²) in [7, 11) is -3.43.